The number of carbonyl (C=O) groups is 2. The molecule has 5 nitrogen and oxygen atoms in total. The number of amides is 1. The maximum Gasteiger partial charge on any atom is 0.414 e. The Bertz CT molecular complexity index is 517. The number of anilines is 1. The highest BCUT2D eigenvalue weighted by Crippen LogP contribution is 2.30. The van der Waals surface area contributed by atoms with Crippen molar-refractivity contribution >= 4 is 33.7 Å². The summed E-state index contributed by atoms with van der Waals surface area (Å²) in [6, 6.07) is 5.63. The normalized spacial score (nSPS) is 19.2. The van der Waals surface area contributed by atoms with Gasteiger partial charge in [0.15, 0.2) is 0 Å². The van der Waals surface area contributed by atoms with Gasteiger partial charge in [0.2, 0.25) is 0 Å². The lowest BCUT2D eigenvalue weighted by Crippen LogP contribution is -2.44. The highest BCUT2D eigenvalue weighted by atomic mass is 79.9. The van der Waals surface area contributed by atoms with Crippen LogP contribution in [0.3, 0.4) is 0 Å². The second kappa shape index (κ2) is 5.61. The van der Waals surface area contributed by atoms with Crippen LogP contribution in [0.1, 0.15) is 12.0 Å². The minimum atomic E-state index is -0.883. The first kappa shape index (κ1) is 13.9. The van der Waals surface area contributed by atoms with Gasteiger partial charge in [-0.25, -0.2) is 4.79 Å². The smallest absolute Gasteiger partial charge is 0.414 e. The standard InChI is InChI=1S/C13H14BrNO4/c1-8-2-3-11(10(14)4-8)15-6-9(5-12(16)17)7-19-13(15)18/h2-4,9H,5-7H2,1H3,(H,16,17). The van der Waals surface area contributed by atoms with Gasteiger partial charge in [0.25, 0.3) is 0 Å². The number of carboxylic acids is 1. The summed E-state index contributed by atoms with van der Waals surface area (Å²) in [7, 11) is 0. The van der Waals surface area contributed by atoms with Gasteiger partial charge in [0.05, 0.1) is 18.7 Å². The van der Waals surface area contributed by atoms with Gasteiger partial charge in [-0.2, -0.15) is 0 Å². The molecule has 1 N–H and O–H groups in total. The van der Waals surface area contributed by atoms with Crippen LogP contribution in [0.15, 0.2) is 22.7 Å². The second-order valence-electron chi connectivity index (χ2n) is 4.61. The molecule has 1 aromatic rings. The predicted molar refractivity (Wildman–Crippen MR) is 73.3 cm³/mol. The van der Waals surface area contributed by atoms with E-state index < -0.39 is 12.1 Å². The van der Waals surface area contributed by atoms with E-state index in [2.05, 4.69) is 15.9 Å². The third kappa shape index (κ3) is 3.26. The second-order valence-corrected chi connectivity index (χ2v) is 5.46. The Hall–Kier alpha value is -1.56. The van der Waals surface area contributed by atoms with Crippen LogP contribution < -0.4 is 4.90 Å². The number of ether oxygens (including phenoxy) is 1. The molecule has 102 valence electrons. The van der Waals surface area contributed by atoms with E-state index in [1.54, 1.807) is 0 Å². The van der Waals surface area contributed by atoms with E-state index in [4.69, 9.17) is 9.84 Å². The van der Waals surface area contributed by atoms with Crippen LogP contribution in [0, 0.1) is 12.8 Å². The van der Waals surface area contributed by atoms with Crippen LogP contribution in [-0.4, -0.2) is 30.3 Å². The minimum absolute atomic E-state index is 0.00669. The SMILES string of the molecule is Cc1ccc(N2CC(CC(=O)O)COC2=O)c(Br)c1. The van der Waals surface area contributed by atoms with E-state index in [9.17, 15) is 9.59 Å². The number of hydrogen-bond donors (Lipinski definition) is 1. The van der Waals surface area contributed by atoms with Crippen molar-refractivity contribution in [1.29, 1.82) is 0 Å². The van der Waals surface area contributed by atoms with Crippen molar-refractivity contribution in [1.82, 2.24) is 0 Å². The average molecular weight is 328 g/mol. The van der Waals surface area contributed by atoms with Gasteiger partial charge in [-0.3, -0.25) is 9.69 Å². The summed E-state index contributed by atoms with van der Waals surface area (Å²) >= 11 is 3.42. The molecule has 1 saturated heterocycles. The number of hydrogen-bond acceptors (Lipinski definition) is 3. The molecule has 0 bridgehead atoms. The zero-order valence-corrected chi connectivity index (χ0v) is 12.0. The molecule has 1 fully saturated rings. The molecule has 1 aromatic carbocycles. The number of halogens is 1. The average Bonchev–Trinajstić information content (AvgIpc) is 2.31. The van der Waals surface area contributed by atoms with E-state index in [-0.39, 0.29) is 18.9 Å². The highest BCUT2D eigenvalue weighted by Gasteiger charge is 2.30. The third-order valence-electron chi connectivity index (χ3n) is 2.96. The Morgan fingerprint density at radius 2 is 2.32 bits per heavy atom. The molecule has 2 rings (SSSR count). The molecular formula is C13H14BrNO4. The summed E-state index contributed by atoms with van der Waals surface area (Å²) in [5.41, 5.74) is 1.77. The molecule has 0 aromatic heterocycles. The Balaban J connectivity index is 2.21. The van der Waals surface area contributed by atoms with E-state index in [1.807, 2.05) is 25.1 Å². The summed E-state index contributed by atoms with van der Waals surface area (Å²) < 4.78 is 5.84. The zero-order valence-electron chi connectivity index (χ0n) is 10.4. The lowest BCUT2D eigenvalue weighted by molar-refractivity contribution is -0.138. The molecule has 1 aliphatic heterocycles. The molecule has 1 unspecified atom stereocenters. The van der Waals surface area contributed by atoms with E-state index >= 15 is 0 Å². The Morgan fingerprint density at radius 1 is 1.58 bits per heavy atom. The number of carbonyl (C=O) groups excluding carboxylic acids is 1. The molecule has 19 heavy (non-hydrogen) atoms. The number of aliphatic carboxylic acids is 1. The Kier molecular flexibility index (Phi) is 4.09. The third-order valence-corrected chi connectivity index (χ3v) is 3.60. The van der Waals surface area contributed by atoms with Crippen molar-refractivity contribution in [2.24, 2.45) is 5.92 Å². The van der Waals surface area contributed by atoms with E-state index in [0.717, 1.165) is 10.0 Å². The zero-order chi connectivity index (χ0) is 14.0. The van der Waals surface area contributed by atoms with Crippen LogP contribution in [0.4, 0.5) is 10.5 Å². The number of benzene rings is 1. The largest absolute Gasteiger partial charge is 0.481 e. The van der Waals surface area contributed by atoms with Gasteiger partial charge in [-0.05, 0) is 40.5 Å². The molecule has 0 aliphatic carbocycles. The number of carboxylic acid groups (broad SMARTS) is 1. The van der Waals surface area contributed by atoms with Crippen LogP contribution in [-0.2, 0) is 9.53 Å². The molecule has 6 heteroatoms. The fourth-order valence-corrected chi connectivity index (χ4v) is 2.76. The summed E-state index contributed by atoms with van der Waals surface area (Å²) in [6.45, 7) is 2.47. The van der Waals surface area contributed by atoms with Gasteiger partial charge >= 0.3 is 12.1 Å². The van der Waals surface area contributed by atoms with Crippen LogP contribution in [0.25, 0.3) is 0 Å². The van der Waals surface area contributed by atoms with Crippen LogP contribution in [0.5, 0.6) is 0 Å². The van der Waals surface area contributed by atoms with Crippen molar-refractivity contribution in [3.05, 3.63) is 28.2 Å². The summed E-state index contributed by atoms with van der Waals surface area (Å²) in [4.78, 5) is 24.0. The lowest BCUT2D eigenvalue weighted by atomic mass is 10.0. The molecule has 0 saturated carbocycles. The molecular weight excluding hydrogens is 314 g/mol. The number of aryl methyl sites for hydroxylation is 1. The van der Waals surface area contributed by atoms with Crippen molar-refractivity contribution in [3.63, 3.8) is 0 Å². The van der Waals surface area contributed by atoms with Gasteiger partial charge in [-0.15, -0.1) is 0 Å². The fraction of sp³-hybridized carbons (Fsp3) is 0.385. The molecule has 1 atom stereocenters. The Morgan fingerprint density at radius 3 is 2.95 bits per heavy atom. The fourth-order valence-electron chi connectivity index (χ4n) is 2.05. The first-order valence-corrected chi connectivity index (χ1v) is 6.69. The van der Waals surface area contributed by atoms with Crippen molar-refractivity contribution < 1.29 is 19.4 Å². The van der Waals surface area contributed by atoms with Gasteiger partial charge in [0.1, 0.15) is 0 Å². The first-order chi connectivity index (χ1) is 8.97. The van der Waals surface area contributed by atoms with E-state index in [0.29, 0.717) is 12.2 Å². The number of cyclic esters (lactones) is 1. The summed E-state index contributed by atoms with van der Waals surface area (Å²) in [5.74, 6) is -1.07. The molecule has 1 heterocycles. The highest BCUT2D eigenvalue weighted by molar-refractivity contribution is 9.10. The maximum absolute atomic E-state index is 11.8. The van der Waals surface area contributed by atoms with Crippen LogP contribution >= 0.6 is 15.9 Å². The van der Waals surface area contributed by atoms with Crippen molar-refractivity contribution in [3.8, 4) is 0 Å². The summed E-state index contributed by atoms with van der Waals surface area (Å²) in [5, 5.41) is 8.81. The van der Waals surface area contributed by atoms with Crippen molar-refractivity contribution in [2.45, 2.75) is 13.3 Å². The maximum atomic E-state index is 11.8. The van der Waals surface area contributed by atoms with E-state index in [1.165, 1.54) is 4.90 Å². The molecule has 0 radical (unpaired) electrons. The van der Waals surface area contributed by atoms with Crippen molar-refractivity contribution in [2.75, 3.05) is 18.1 Å². The predicted octanol–water partition coefficient (Wildman–Crippen LogP) is 2.81. The topological polar surface area (TPSA) is 66.8 Å². The van der Waals surface area contributed by atoms with Gasteiger partial charge < -0.3 is 9.84 Å². The number of rotatable bonds is 3. The summed E-state index contributed by atoms with van der Waals surface area (Å²) in [6.07, 6.45) is -0.445. The molecule has 1 aliphatic rings. The van der Waals surface area contributed by atoms with Gasteiger partial charge in [-0.1, -0.05) is 6.07 Å². The number of nitrogens with zero attached hydrogens (tertiary/aromatic N) is 1. The molecule has 0 spiro atoms. The Labute approximate surface area is 119 Å². The van der Waals surface area contributed by atoms with Gasteiger partial charge in [0, 0.05) is 16.9 Å². The quantitative estimate of drug-likeness (QED) is 0.926. The monoisotopic (exact) mass is 327 g/mol. The van der Waals surface area contributed by atoms with Crippen LogP contribution in [0.2, 0.25) is 0 Å². The minimum Gasteiger partial charge on any atom is -0.481 e. The lowest BCUT2D eigenvalue weighted by Gasteiger charge is -2.32. The molecule has 1 amide bonds. The first-order valence-electron chi connectivity index (χ1n) is 5.89.